The van der Waals surface area contributed by atoms with Crippen LogP contribution in [0.4, 0.5) is 0 Å². The lowest BCUT2D eigenvalue weighted by molar-refractivity contribution is 1.12. The molecule has 0 aliphatic carbocycles. The minimum atomic E-state index is 0.659. The van der Waals surface area contributed by atoms with E-state index in [0.29, 0.717) is 6.04 Å². The van der Waals surface area contributed by atoms with Crippen LogP contribution in [0.15, 0.2) is 41.5 Å². The molecular formula is C10H10N3. The molecule has 0 aromatic heterocycles. The molecule has 1 radical (unpaired) electrons. The normalized spacial score (nSPS) is 10.3. The van der Waals surface area contributed by atoms with E-state index < -0.39 is 0 Å². The van der Waals surface area contributed by atoms with Gasteiger partial charge in [0.05, 0.1) is 6.04 Å². The summed E-state index contributed by atoms with van der Waals surface area (Å²) in [6, 6.07) is 10.5. The number of benzene rings is 1. The van der Waals surface area contributed by atoms with Gasteiger partial charge in [-0.05, 0) is 18.0 Å². The zero-order valence-corrected chi connectivity index (χ0v) is 7.38. The summed E-state index contributed by atoms with van der Waals surface area (Å²) in [5.74, 6) is 0. The fraction of sp³-hybridized carbons (Fsp3) is 0.100. The smallest absolute Gasteiger partial charge is 0.0787 e. The molecule has 0 bridgehead atoms. The first-order valence-electron chi connectivity index (χ1n) is 3.94. The standard InChI is InChI=1S/C10H10N3/c1-9(12-13-11)7-8-10-5-3-2-4-6-10/h2-8H,1H3/b8-7+. The van der Waals surface area contributed by atoms with Crippen molar-refractivity contribution < 1.29 is 0 Å². The van der Waals surface area contributed by atoms with Crippen molar-refractivity contribution in [3.63, 3.8) is 0 Å². The SMILES string of the molecule is C[C](/C=C/c1ccccc1)N=[N+]=[N-]. The van der Waals surface area contributed by atoms with E-state index in [9.17, 15) is 0 Å². The molecule has 0 aliphatic rings. The Bertz CT molecular complexity index is 323. The molecule has 0 N–H and O–H groups in total. The topological polar surface area (TPSA) is 48.8 Å². The molecule has 0 fully saturated rings. The molecule has 1 rings (SSSR count). The summed E-state index contributed by atoms with van der Waals surface area (Å²) < 4.78 is 0. The highest BCUT2D eigenvalue weighted by molar-refractivity contribution is 5.50. The Kier molecular flexibility index (Phi) is 3.61. The van der Waals surface area contributed by atoms with E-state index in [-0.39, 0.29) is 0 Å². The van der Waals surface area contributed by atoms with Crippen LogP contribution in [-0.2, 0) is 0 Å². The van der Waals surface area contributed by atoms with Crippen molar-refractivity contribution in [1.29, 1.82) is 0 Å². The molecule has 0 saturated carbocycles. The highest BCUT2D eigenvalue weighted by Crippen LogP contribution is 2.07. The molecule has 0 heterocycles. The molecule has 1 aromatic carbocycles. The first-order chi connectivity index (χ1) is 6.33. The number of rotatable bonds is 3. The van der Waals surface area contributed by atoms with Crippen molar-refractivity contribution in [3.05, 3.63) is 58.5 Å². The van der Waals surface area contributed by atoms with Gasteiger partial charge in [0.1, 0.15) is 0 Å². The van der Waals surface area contributed by atoms with Gasteiger partial charge >= 0.3 is 0 Å². The molecule has 1 aromatic rings. The van der Waals surface area contributed by atoms with Gasteiger partial charge in [-0.1, -0.05) is 47.6 Å². The monoisotopic (exact) mass is 172 g/mol. The summed E-state index contributed by atoms with van der Waals surface area (Å²) in [4.78, 5) is 2.68. The lowest BCUT2D eigenvalue weighted by atomic mass is 10.2. The summed E-state index contributed by atoms with van der Waals surface area (Å²) in [5, 5.41) is 3.45. The summed E-state index contributed by atoms with van der Waals surface area (Å²) in [6.45, 7) is 1.76. The Labute approximate surface area is 77.3 Å². The van der Waals surface area contributed by atoms with Gasteiger partial charge in [-0.15, -0.1) is 0 Å². The van der Waals surface area contributed by atoms with Crippen LogP contribution in [0.3, 0.4) is 0 Å². The second-order valence-electron chi connectivity index (χ2n) is 2.57. The van der Waals surface area contributed by atoms with E-state index in [1.165, 1.54) is 0 Å². The van der Waals surface area contributed by atoms with Crippen LogP contribution in [0.25, 0.3) is 16.5 Å². The average molecular weight is 172 g/mol. The van der Waals surface area contributed by atoms with Crippen molar-refractivity contribution >= 4 is 6.08 Å². The van der Waals surface area contributed by atoms with Gasteiger partial charge in [0.2, 0.25) is 0 Å². The molecule has 0 spiro atoms. The van der Waals surface area contributed by atoms with Crippen molar-refractivity contribution in [3.8, 4) is 0 Å². The predicted molar refractivity (Wildman–Crippen MR) is 53.5 cm³/mol. The Hall–Kier alpha value is -1.73. The minimum Gasteiger partial charge on any atom is -0.0824 e. The fourth-order valence-electron chi connectivity index (χ4n) is 0.885. The molecule has 13 heavy (non-hydrogen) atoms. The van der Waals surface area contributed by atoms with Crippen LogP contribution in [0.5, 0.6) is 0 Å². The van der Waals surface area contributed by atoms with Crippen LogP contribution in [0.1, 0.15) is 12.5 Å². The zero-order valence-electron chi connectivity index (χ0n) is 7.38. The second kappa shape index (κ2) is 5.01. The van der Waals surface area contributed by atoms with Gasteiger partial charge in [0.15, 0.2) is 0 Å². The summed E-state index contributed by atoms with van der Waals surface area (Å²) in [5.41, 5.74) is 9.23. The number of nitrogens with zero attached hydrogens (tertiary/aromatic N) is 3. The van der Waals surface area contributed by atoms with E-state index in [1.54, 1.807) is 13.0 Å². The van der Waals surface area contributed by atoms with Crippen molar-refractivity contribution in [2.75, 3.05) is 0 Å². The third kappa shape index (κ3) is 3.45. The molecule has 0 atom stereocenters. The molecule has 65 valence electrons. The maximum absolute atomic E-state index is 8.14. The first kappa shape index (κ1) is 9.36. The van der Waals surface area contributed by atoms with Crippen LogP contribution < -0.4 is 0 Å². The molecule has 3 nitrogen and oxygen atoms in total. The van der Waals surface area contributed by atoms with E-state index in [4.69, 9.17) is 5.53 Å². The summed E-state index contributed by atoms with van der Waals surface area (Å²) in [6.07, 6.45) is 3.69. The Morgan fingerprint density at radius 1 is 1.38 bits per heavy atom. The van der Waals surface area contributed by atoms with E-state index in [2.05, 4.69) is 10.0 Å². The maximum atomic E-state index is 8.14. The van der Waals surface area contributed by atoms with E-state index >= 15 is 0 Å². The lowest BCUT2D eigenvalue weighted by Gasteiger charge is -1.93. The lowest BCUT2D eigenvalue weighted by Crippen LogP contribution is -1.76. The van der Waals surface area contributed by atoms with Gasteiger partial charge in [-0.25, -0.2) is 0 Å². The molecule has 0 aliphatic heterocycles. The predicted octanol–water partition coefficient (Wildman–Crippen LogP) is 3.56. The highest BCUT2D eigenvalue weighted by Gasteiger charge is 1.90. The Morgan fingerprint density at radius 2 is 2.08 bits per heavy atom. The fourth-order valence-corrected chi connectivity index (χ4v) is 0.885. The van der Waals surface area contributed by atoms with Gasteiger partial charge in [0.25, 0.3) is 0 Å². The Morgan fingerprint density at radius 3 is 2.69 bits per heavy atom. The maximum Gasteiger partial charge on any atom is 0.0787 e. The molecule has 0 amide bonds. The number of azide groups is 1. The quantitative estimate of drug-likeness (QED) is 0.380. The average Bonchev–Trinajstić information content (AvgIpc) is 2.17. The molecule has 0 unspecified atom stereocenters. The van der Waals surface area contributed by atoms with E-state index in [0.717, 1.165) is 5.56 Å². The zero-order chi connectivity index (χ0) is 9.52. The molecule has 0 saturated heterocycles. The third-order valence-electron chi connectivity index (χ3n) is 1.52. The van der Waals surface area contributed by atoms with Crippen molar-refractivity contribution in [1.82, 2.24) is 0 Å². The van der Waals surface area contributed by atoms with Crippen molar-refractivity contribution in [2.24, 2.45) is 5.11 Å². The highest BCUT2D eigenvalue weighted by atomic mass is 15.1. The second-order valence-corrected chi connectivity index (χ2v) is 2.57. The first-order valence-corrected chi connectivity index (χ1v) is 3.94. The third-order valence-corrected chi connectivity index (χ3v) is 1.52. The van der Waals surface area contributed by atoms with Gasteiger partial charge < -0.3 is 0 Å². The van der Waals surface area contributed by atoms with Gasteiger partial charge in [-0.3, -0.25) is 0 Å². The van der Waals surface area contributed by atoms with E-state index in [1.807, 2.05) is 36.4 Å². The van der Waals surface area contributed by atoms with Crippen LogP contribution >= 0.6 is 0 Å². The number of hydrogen-bond acceptors (Lipinski definition) is 1. The largest absolute Gasteiger partial charge is 0.0824 e. The van der Waals surface area contributed by atoms with Crippen molar-refractivity contribution in [2.45, 2.75) is 6.92 Å². The molecule has 3 heteroatoms. The summed E-state index contributed by atoms with van der Waals surface area (Å²) >= 11 is 0. The van der Waals surface area contributed by atoms with Crippen LogP contribution in [0.2, 0.25) is 0 Å². The Balaban J connectivity index is 2.63. The minimum absolute atomic E-state index is 0.659. The van der Waals surface area contributed by atoms with Crippen LogP contribution in [0, 0.1) is 6.04 Å². The molecular weight excluding hydrogens is 162 g/mol. The van der Waals surface area contributed by atoms with Gasteiger partial charge in [0, 0.05) is 4.91 Å². The van der Waals surface area contributed by atoms with Gasteiger partial charge in [-0.2, -0.15) is 0 Å². The summed E-state index contributed by atoms with van der Waals surface area (Å²) in [7, 11) is 0. The number of hydrogen-bond donors (Lipinski definition) is 0. The van der Waals surface area contributed by atoms with Crippen LogP contribution in [-0.4, -0.2) is 0 Å².